The summed E-state index contributed by atoms with van der Waals surface area (Å²) in [5.74, 6) is 0.268. The Kier molecular flexibility index (Phi) is 4.90. The maximum Gasteiger partial charge on any atom is 0.0702 e. The molecule has 0 radical (unpaired) electrons. The Bertz CT molecular complexity index is 2360. The molecule has 6 aromatic carbocycles. The third-order valence-electron chi connectivity index (χ3n) is 9.90. The fourth-order valence-corrected chi connectivity index (χ4v) is 7.98. The summed E-state index contributed by atoms with van der Waals surface area (Å²) in [6.45, 7) is 0. The number of hydrogen-bond acceptors (Lipinski definition) is 1. The Morgan fingerprint density at radius 3 is 2.02 bits per heavy atom. The Morgan fingerprint density at radius 2 is 1.18 bits per heavy atom. The van der Waals surface area contributed by atoms with E-state index in [-0.39, 0.29) is 5.92 Å². The lowest BCUT2D eigenvalue weighted by molar-refractivity contribution is 0.825. The summed E-state index contributed by atoms with van der Waals surface area (Å²) >= 11 is 0. The molecular formula is C43H27N. The van der Waals surface area contributed by atoms with Gasteiger partial charge in [-0.15, -0.1) is 0 Å². The second-order valence-corrected chi connectivity index (χ2v) is 12.3. The van der Waals surface area contributed by atoms with Gasteiger partial charge in [0.15, 0.2) is 0 Å². The van der Waals surface area contributed by atoms with E-state index in [0.29, 0.717) is 0 Å². The van der Waals surface area contributed by atoms with Gasteiger partial charge in [0, 0.05) is 17.7 Å². The van der Waals surface area contributed by atoms with Crippen LogP contribution in [0.1, 0.15) is 28.2 Å². The number of hydrogen-bond donors (Lipinski definition) is 0. The van der Waals surface area contributed by atoms with E-state index in [1.807, 2.05) is 12.3 Å². The third kappa shape index (κ3) is 3.38. The number of nitrogens with zero attached hydrogens (tertiary/aromatic N) is 1. The average Bonchev–Trinajstić information content (AvgIpc) is 3.60. The lowest BCUT2D eigenvalue weighted by atomic mass is 9.79. The summed E-state index contributed by atoms with van der Waals surface area (Å²) in [7, 11) is 0. The quantitative estimate of drug-likeness (QED) is 0.211. The van der Waals surface area contributed by atoms with Crippen molar-refractivity contribution in [2.45, 2.75) is 12.3 Å². The van der Waals surface area contributed by atoms with Crippen molar-refractivity contribution in [3.05, 3.63) is 168 Å². The molecular weight excluding hydrogens is 530 g/mol. The monoisotopic (exact) mass is 557 g/mol. The minimum Gasteiger partial charge on any atom is -0.256 e. The Morgan fingerprint density at radius 1 is 0.500 bits per heavy atom. The Balaban J connectivity index is 1.19. The van der Waals surface area contributed by atoms with Crippen LogP contribution in [0.5, 0.6) is 0 Å². The molecule has 1 atom stereocenters. The molecule has 44 heavy (non-hydrogen) atoms. The lowest BCUT2D eigenvalue weighted by Crippen LogP contribution is -2.09. The first-order chi connectivity index (χ1) is 21.8. The van der Waals surface area contributed by atoms with E-state index in [4.69, 9.17) is 4.98 Å². The second-order valence-electron chi connectivity index (χ2n) is 12.3. The summed E-state index contributed by atoms with van der Waals surface area (Å²) in [6, 6.07) is 49.4. The van der Waals surface area contributed by atoms with Crippen molar-refractivity contribution in [2.75, 3.05) is 0 Å². The summed E-state index contributed by atoms with van der Waals surface area (Å²) < 4.78 is 0. The van der Waals surface area contributed by atoms with Crippen molar-refractivity contribution in [2.24, 2.45) is 0 Å². The molecule has 204 valence electrons. The van der Waals surface area contributed by atoms with Gasteiger partial charge in [0.25, 0.3) is 0 Å². The minimum absolute atomic E-state index is 0.268. The number of benzene rings is 6. The van der Waals surface area contributed by atoms with Gasteiger partial charge in [-0.2, -0.15) is 0 Å². The van der Waals surface area contributed by atoms with Crippen molar-refractivity contribution in [3.63, 3.8) is 0 Å². The highest BCUT2D eigenvalue weighted by Crippen LogP contribution is 2.51. The Hall–Kier alpha value is -5.53. The zero-order valence-corrected chi connectivity index (χ0v) is 24.1. The molecule has 0 aliphatic heterocycles. The third-order valence-corrected chi connectivity index (χ3v) is 9.90. The molecule has 0 N–H and O–H groups in total. The van der Waals surface area contributed by atoms with E-state index < -0.39 is 0 Å². The van der Waals surface area contributed by atoms with Gasteiger partial charge in [-0.25, -0.2) is 0 Å². The van der Waals surface area contributed by atoms with Crippen molar-refractivity contribution in [1.82, 2.24) is 4.98 Å². The molecule has 0 spiro atoms. The molecule has 0 fully saturated rings. The summed E-state index contributed by atoms with van der Waals surface area (Å²) in [6.07, 6.45) is 5.42. The van der Waals surface area contributed by atoms with Crippen LogP contribution in [0.25, 0.3) is 72.1 Å². The summed E-state index contributed by atoms with van der Waals surface area (Å²) in [5.41, 5.74) is 19.6. The number of aromatic nitrogens is 1. The van der Waals surface area contributed by atoms with Crippen LogP contribution in [-0.4, -0.2) is 4.98 Å². The van der Waals surface area contributed by atoms with E-state index in [0.717, 1.165) is 17.7 Å². The number of pyridine rings is 1. The van der Waals surface area contributed by atoms with Crippen LogP contribution in [0.3, 0.4) is 0 Å². The molecule has 10 rings (SSSR count). The predicted octanol–water partition coefficient (Wildman–Crippen LogP) is 11.0. The van der Waals surface area contributed by atoms with E-state index in [1.54, 1.807) is 0 Å². The Labute approximate surface area is 256 Å². The second kappa shape index (κ2) is 8.99. The van der Waals surface area contributed by atoms with Gasteiger partial charge < -0.3 is 0 Å². The van der Waals surface area contributed by atoms with Crippen LogP contribution in [0.15, 0.2) is 146 Å². The van der Waals surface area contributed by atoms with Crippen molar-refractivity contribution in [3.8, 4) is 55.8 Å². The first-order valence-electron chi connectivity index (χ1n) is 15.5. The molecule has 0 amide bonds. The molecule has 3 aliphatic carbocycles. The molecule has 0 saturated carbocycles. The average molecular weight is 558 g/mol. The van der Waals surface area contributed by atoms with Crippen molar-refractivity contribution in [1.29, 1.82) is 0 Å². The first kappa shape index (κ1) is 24.0. The molecule has 3 aliphatic rings. The molecule has 0 saturated heterocycles. The van der Waals surface area contributed by atoms with Crippen LogP contribution in [0, 0.1) is 0 Å². The van der Waals surface area contributed by atoms with Gasteiger partial charge in [-0.3, -0.25) is 4.98 Å². The SMILES string of the molecule is C1=C2c3ccccc3-c3cccc(c32)CC1c1cc(-c2cc3c4c(cccc4c2)-c2ccccc2-3)cc(-c2ccccn2)c1. The van der Waals surface area contributed by atoms with Gasteiger partial charge in [0.2, 0.25) is 0 Å². The standard InChI is InChI=1S/C43H27N/c1-3-13-35-33(11-1)37-15-7-9-26-19-30(24-39(35)42(26)37)28-21-29(23-32(22-28)41-17-5-6-18-44-41)31-20-27-10-8-16-38-34-12-2-4-14-36(34)40(25-31)43(27)38/h1-19,21-25,31H,20H2. The molecule has 1 heterocycles. The predicted molar refractivity (Wildman–Crippen MR) is 182 cm³/mol. The molecule has 7 aromatic rings. The largest absolute Gasteiger partial charge is 0.256 e. The fraction of sp³-hybridized carbons (Fsp3) is 0.0465. The molecule has 0 bridgehead atoms. The maximum atomic E-state index is 4.78. The van der Waals surface area contributed by atoms with Crippen LogP contribution in [-0.2, 0) is 6.42 Å². The van der Waals surface area contributed by atoms with Crippen LogP contribution in [0.4, 0.5) is 0 Å². The normalized spacial score (nSPS) is 15.1. The van der Waals surface area contributed by atoms with E-state index >= 15 is 0 Å². The molecule has 1 unspecified atom stereocenters. The van der Waals surface area contributed by atoms with Gasteiger partial charge >= 0.3 is 0 Å². The highest BCUT2D eigenvalue weighted by Gasteiger charge is 2.31. The van der Waals surface area contributed by atoms with Crippen LogP contribution >= 0.6 is 0 Å². The van der Waals surface area contributed by atoms with Gasteiger partial charge in [-0.1, -0.05) is 103 Å². The van der Waals surface area contributed by atoms with Gasteiger partial charge in [0.05, 0.1) is 5.69 Å². The fourth-order valence-electron chi connectivity index (χ4n) is 7.98. The smallest absolute Gasteiger partial charge is 0.0702 e. The minimum atomic E-state index is 0.268. The van der Waals surface area contributed by atoms with E-state index in [1.165, 1.54) is 83.1 Å². The zero-order chi connectivity index (χ0) is 28.8. The lowest BCUT2D eigenvalue weighted by Gasteiger charge is -2.24. The number of fused-ring (bicyclic) bond motifs is 6. The first-order valence-corrected chi connectivity index (χ1v) is 15.5. The molecule has 1 aromatic heterocycles. The maximum absolute atomic E-state index is 4.78. The highest BCUT2D eigenvalue weighted by atomic mass is 14.7. The number of rotatable bonds is 3. The molecule has 1 heteroatoms. The highest BCUT2D eigenvalue weighted by molar-refractivity contribution is 6.16. The van der Waals surface area contributed by atoms with Gasteiger partial charge in [-0.05, 0) is 126 Å². The van der Waals surface area contributed by atoms with E-state index in [9.17, 15) is 0 Å². The van der Waals surface area contributed by atoms with Crippen molar-refractivity contribution >= 4 is 16.3 Å². The zero-order valence-electron chi connectivity index (χ0n) is 24.1. The molecule has 1 nitrogen and oxygen atoms in total. The topological polar surface area (TPSA) is 12.9 Å². The van der Waals surface area contributed by atoms with Gasteiger partial charge in [0.1, 0.15) is 0 Å². The van der Waals surface area contributed by atoms with Crippen LogP contribution < -0.4 is 0 Å². The summed E-state index contributed by atoms with van der Waals surface area (Å²) in [5, 5.41) is 2.66. The number of allylic oxidation sites excluding steroid dienone is 1. The van der Waals surface area contributed by atoms with Crippen molar-refractivity contribution < 1.29 is 0 Å². The summed E-state index contributed by atoms with van der Waals surface area (Å²) in [4.78, 5) is 4.78. The van der Waals surface area contributed by atoms with Crippen LogP contribution in [0.2, 0.25) is 0 Å². The van der Waals surface area contributed by atoms with E-state index in [2.05, 4.69) is 133 Å².